The van der Waals surface area contributed by atoms with Crippen molar-refractivity contribution in [3.05, 3.63) is 33.4 Å². The summed E-state index contributed by atoms with van der Waals surface area (Å²) in [6.07, 6.45) is 1.50. The van der Waals surface area contributed by atoms with Crippen molar-refractivity contribution in [1.82, 2.24) is 9.80 Å². The molecule has 2 rings (SSSR count). The summed E-state index contributed by atoms with van der Waals surface area (Å²) >= 11 is 2.18. The van der Waals surface area contributed by atoms with Crippen LogP contribution in [-0.4, -0.2) is 60.9 Å². The number of nitrogens with zero attached hydrogens (tertiary/aromatic N) is 2. The molecule has 0 radical (unpaired) electrons. The molecular formula is C18H23IN2O4. The third-order valence-corrected chi connectivity index (χ3v) is 4.92. The molecule has 0 bridgehead atoms. The van der Waals surface area contributed by atoms with Crippen molar-refractivity contribution < 1.29 is 19.1 Å². The van der Waals surface area contributed by atoms with E-state index in [0.717, 1.165) is 16.4 Å². The van der Waals surface area contributed by atoms with Crippen molar-refractivity contribution in [1.29, 1.82) is 0 Å². The second-order valence-electron chi connectivity index (χ2n) is 6.10. The Hall–Kier alpha value is -1.64. The number of benzene rings is 1. The topological polar surface area (TPSA) is 66.9 Å². The Bertz CT molecular complexity index is 632. The molecule has 1 aliphatic rings. The monoisotopic (exact) mass is 458 g/mol. The quantitative estimate of drug-likeness (QED) is 0.501. The lowest BCUT2D eigenvalue weighted by molar-refractivity contribution is -0.151. The fourth-order valence-electron chi connectivity index (χ4n) is 2.84. The van der Waals surface area contributed by atoms with Crippen LogP contribution in [0.15, 0.2) is 24.3 Å². The number of likely N-dealkylation sites (tertiary alicyclic amines) is 1. The predicted molar refractivity (Wildman–Crippen MR) is 102 cm³/mol. The van der Waals surface area contributed by atoms with Crippen LogP contribution in [0.4, 0.5) is 0 Å². The first-order valence-corrected chi connectivity index (χ1v) is 9.45. The van der Waals surface area contributed by atoms with Crippen LogP contribution in [0, 0.1) is 9.49 Å². The van der Waals surface area contributed by atoms with Crippen molar-refractivity contribution in [2.45, 2.75) is 19.8 Å². The number of ether oxygens (including phenoxy) is 1. The van der Waals surface area contributed by atoms with Gasteiger partial charge in [0.2, 0.25) is 5.91 Å². The van der Waals surface area contributed by atoms with Gasteiger partial charge < -0.3 is 14.5 Å². The minimum absolute atomic E-state index is 0.000362. The van der Waals surface area contributed by atoms with Gasteiger partial charge in [0, 0.05) is 29.3 Å². The van der Waals surface area contributed by atoms with Crippen molar-refractivity contribution in [3.63, 3.8) is 0 Å². The Morgan fingerprint density at radius 2 is 1.96 bits per heavy atom. The molecule has 1 saturated heterocycles. The van der Waals surface area contributed by atoms with Crippen LogP contribution in [0.1, 0.15) is 30.1 Å². The SMILES string of the molecule is CCOC(=O)C1CCCN(C(=O)CN(C)C(=O)c2ccc(I)cc2)C1. The minimum Gasteiger partial charge on any atom is -0.466 e. The highest BCUT2D eigenvalue weighted by Crippen LogP contribution is 2.18. The third kappa shape index (κ3) is 5.42. The number of esters is 1. The number of halogens is 1. The first-order chi connectivity index (χ1) is 11.9. The summed E-state index contributed by atoms with van der Waals surface area (Å²) in [5.41, 5.74) is 0.554. The number of hydrogen-bond acceptors (Lipinski definition) is 4. The van der Waals surface area contributed by atoms with E-state index in [1.165, 1.54) is 4.90 Å². The highest BCUT2D eigenvalue weighted by atomic mass is 127. The van der Waals surface area contributed by atoms with Gasteiger partial charge in [0.05, 0.1) is 19.1 Å². The number of carbonyl (C=O) groups is 3. The van der Waals surface area contributed by atoms with Gasteiger partial charge in [-0.1, -0.05) is 0 Å². The lowest BCUT2D eigenvalue weighted by Crippen LogP contribution is -2.47. The molecule has 1 aromatic carbocycles. The molecule has 0 spiro atoms. The highest BCUT2D eigenvalue weighted by Gasteiger charge is 2.30. The smallest absolute Gasteiger partial charge is 0.310 e. The van der Waals surface area contributed by atoms with E-state index in [-0.39, 0.29) is 30.2 Å². The van der Waals surface area contributed by atoms with Crippen LogP contribution in [-0.2, 0) is 14.3 Å². The zero-order valence-corrected chi connectivity index (χ0v) is 16.7. The maximum absolute atomic E-state index is 12.5. The summed E-state index contributed by atoms with van der Waals surface area (Å²) in [6, 6.07) is 7.22. The summed E-state index contributed by atoms with van der Waals surface area (Å²) in [5, 5.41) is 0. The van der Waals surface area contributed by atoms with Crippen LogP contribution in [0.2, 0.25) is 0 Å². The van der Waals surface area contributed by atoms with Crippen LogP contribution < -0.4 is 0 Å². The fraction of sp³-hybridized carbons (Fsp3) is 0.500. The van der Waals surface area contributed by atoms with Gasteiger partial charge in [0.1, 0.15) is 0 Å². The molecule has 1 fully saturated rings. The van der Waals surface area contributed by atoms with Crippen LogP contribution >= 0.6 is 22.6 Å². The first kappa shape index (κ1) is 19.7. The highest BCUT2D eigenvalue weighted by molar-refractivity contribution is 14.1. The van der Waals surface area contributed by atoms with Crippen LogP contribution in [0.25, 0.3) is 0 Å². The normalized spacial score (nSPS) is 17.1. The number of piperidine rings is 1. The van der Waals surface area contributed by atoms with E-state index < -0.39 is 0 Å². The average Bonchev–Trinajstić information content (AvgIpc) is 2.62. The number of amides is 2. The predicted octanol–water partition coefficient (Wildman–Crippen LogP) is 2.16. The Morgan fingerprint density at radius 3 is 2.60 bits per heavy atom. The molecular weight excluding hydrogens is 435 g/mol. The molecule has 25 heavy (non-hydrogen) atoms. The summed E-state index contributed by atoms with van der Waals surface area (Å²) in [4.78, 5) is 39.9. The largest absolute Gasteiger partial charge is 0.466 e. The molecule has 1 aromatic rings. The first-order valence-electron chi connectivity index (χ1n) is 8.37. The van der Waals surface area contributed by atoms with E-state index >= 15 is 0 Å². The van der Waals surface area contributed by atoms with Gasteiger partial charge in [-0.3, -0.25) is 14.4 Å². The van der Waals surface area contributed by atoms with E-state index in [4.69, 9.17) is 4.74 Å². The van der Waals surface area contributed by atoms with Gasteiger partial charge in [-0.05, 0) is 66.6 Å². The van der Waals surface area contributed by atoms with E-state index in [2.05, 4.69) is 22.6 Å². The second-order valence-corrected chi connectivity index (χ2v) is 7.34. The second kappa shape index (κ2) is 9.17. The number of likely N-dealkylation sites (N-methyl/N-ethyl adjacent to an activating group) is 1. The third-order valence-electron chi connectivity index (χ3n) is 4.20. The lowest BCUT2D eigenvalue weighted by atomic mass is 9.98. The molecule has 6 nitrogen and oxygen atoms in total. The number of hydrogen-bond donors (Lipinski definition) is 0. The van der Waals surface area contributed by atoms with Crippen molar-refractivity contribution in [2.75, 3.05) is 33.3 Å². The molecule has 136 valence electrons. The van der Waals surface area contributed by atoms with Gasteiger partial charge in [0.15, 0.2) is 0 Å². The van der Waals surface area contributed by atoms with E-state index in [1.54, 1.807) is 31.0 Å². The lowest BCUT2D eigenvalue weighted by Gasteiger charge is -2.32. The van der Waals surface area contributed by atoms with Gasteiger partial charge >= 0.3 is 5.97 Å². The molecule has 1 heterocycles. The Morgan fingerprint density at radius 1 is 1.28 bits per heavy atom. The molecule has 0 aromatic heterocycles. The zero-order valence-electron chi connectivity index (χ0n) is 14.5. The Kier molecular flexibility index (Phi) is 7.22. The van der Waals surface area contributed by atoms with E-state index in [1.807, 2.05) is 12.1 Å². The van der Waals surface area contributed by atoms with Gasteiger partial charge in [-0.2, -0.15) is 0 Å². The molecule has 0 aliphatic carbocycles. The van der Waals surface area contributed by atoms with Crippen LogP contribution in [0.3, 0.4) is 0 Å². The van der Waals surface area contributed by atoms with Gasteiger partial charge in [-0.15, -0.1) is 0 Å². The molecule has 0 N–H and O–H groups in total. The molecule has 2 amide bonds. The number of carbonyl (C=O) groups excluding carboxylic acids is 3. The van der Waals surface area contributed by atoms with E-state index in [9.17, 15) is 14.4 Å². The number of rotatable bonds is 5. The summed E-state index contributed by atoms with van der Waals surface area (Å²) in [6.45, 7) is 3.09. The van der Waals surface area contributed by atoms with Crippen LogP contribution in [0.5, 0.6) is 0 Å². The Labute approximate surface area is 161 Å². The Balaban J connectivity index is 1.92. The summed E-state index contributed by atoms with van der Waals surface area (Å²) in [7, 11) is 1.62. The fourth-order valence-corrected chi connectivity index (χ4v) is 3.20. The van der Waals surface area contributed by atoms with Crippen molar-refractivity contribution in [2.24, 2.45) is 5.92 Å². The molecule has 1 aliphatic heterocycles. The summed E-state index contributed by atoms with van der Waals surface area (Å²) in [5.74, 6) is -0.850. The molecule has 7 heteroatoms. The zero-order chi connectivity index (χ0) is 18.4. The van der Waals surface area contributed by atoms with Crippen molar-refractivity contribution in [3.8, 4) is 0 Å². The molecule has 1 unspecified atom stereocenters. The van der Waals surface area contributed by atoms with Crippen molar-refractivity contribution >= 4 is 40.4 Å². The average molecular weight is 458 g/mol. The van der Waals surface area contributed by atoms with Gasteiger partial charge in [0.25, 0.3) is 5.91 Å². The van der Waals surface area contributed by atoms with E-state index in [0.29, 0.717) is 25.3 Å². The minimum atomic E-state index is -0.269. The maximum Gasteiger partial charge on any atom is 0.310 e. The summed E-state index contributed by atoms with van der Waals surface area (Å²) < 4.78 is 6.10. The maximum atomic E-state index is 12.5. The molecule has 1 atom stereocenters. The standard InChI is InChI=1S/C18H23IN2O4/c1-3-25-18(24)14-5-4-10-21(11-14)16(22)12-20(2)17(23)13-6-8-15(19)9-7-13/h6-9,14H,3-5,10-12H2,1-2H3. The molecule has 0 saturated carbocycles. The van der Waals surface area contributed by atoms with Gasteiger partial charge in [-0.25, -0.2) is 0 Å².